The summed E-state index contributed by atoms with van der Waals surface area (Å²) in [5, 5.41) is 0. The van der Waals surface area contributed by atoms with Gasteiger partial charge in [0.1, 0.15) is 5.60 Å². The molecule has 0 radical (unpaired) electrons. The molecule has 2 aliphatic rings. The smallest absolute Gasteiger partial charge is 0.255 e. The van der Waals surface area contributed by atoms with Crippen LogP contribution in [0.1, 0.15) is 29.4 Å². The number of ether oxygens (including phenoxy) is 2. The van der Waals surface area contributed by atoms with E-state index in [0.29, 0.717) is 44.4 Å². The van der Waals surface area contributed by atoms with Crippen molar-refractivity contribution < 1.29 is 14.3 Å². The summed E-state index contributed by atoms with van der Waals surface area (Å²) in [7, 11) is 0. The monoisotopic (exact) mass is 370 g/mol. The zero-order chi connectivity index (χ0) is 18.7. The number of hydrogen-bond acceptors (Lipinski definition) is 5. The van der Waals surface area contributed by atoms with Gasteiger partial charge in [-0.25, -0.2) is 4.98 Å². The minimum absolute atomic E-state index is 0.00307. The predicted octanol–water partition coefficient (Wildman–Crippen LogP) is 1.79. The van der Waals surface area contributed by atoms with Gasteiger partial charge in [-0.2, -0.15) is 0 Å². The molecule has 0 aliphatic carbocycles. The summed E-state index contributed by atoms with van der Waals surface area (Å²) in [6.07, 6.45) is 9.01. The van der Waals surface area contributed by atoms with Crippen molar-refractivity contribution in [3.63, 3.8) is 0 Å². The van der Waals surface area contributed by atoms with Gasteiger partial charge in [0.05, 0.1) is 38.3 Å². The molecule has 7 heteroatoms. The lowest BCUT2D eigenvalue weighted by Crippen LogP contribution is -2.46. The summed E-state index contributed by atoms with van der Waals surface area (Å²) in [5.41, 5.74) is 1.19. The van der Waals surface area contributed by atoms with E-state index in [0.717, 1.165) is 25.1 Å². The van der Waals surface area contributed by atoms with Crippen molar-refractivity contribution in [1.82, 2.24) is 19.4 Å². The number of amides is 1. The zero-order valence-electron chi connectivity index (χ0n) is 15.7. The van der Waals surface area contributed by atoms with E-state index >= 15 is 0 Å². The third-order valence-corrected chi connectivity index (χ3v) is 5.38. The number of carbonyl (C=O) groups is 1. The maximum Gasteiger partial charge on any atom is 0.255 e. The second kappa shape index (κ2) is 7.78. The second-order valence-corrected chi connectivity index (χ2v) is 7.49. The number of aromatic nitrogens is 3. The highest BCUT2D eigenvalue weighted by Gasteiger charge is 2.44. The van der Waals surface area contributed by atoms with Crippen molar-refractivity contribution in [2.75, 3.05) is 32.9 Å². The van der Waals surface area contributed by atoms with E-state index in [4.69, 9.17) is 9.47 Å². The molecule has 0 N–H and O–H groups in total. The van der Waals surface area contributed by atoms with Crippen molar-refractivity contribution in [2.45, 2.75) is 31.9 Å². The fourth-order valence-corrected chi connectivity index (χ4v) is 3.98. The molecule has 2 aromatic rings. The highest BCUT2D eigenvalue weighted by molar-refractivity contribution is 5.94. The molecule has 4 heterocycles. The van der Waals surface area contributed by atoms with Crippen LogP contribution in [0.25, 0.3) is 0 Å². The minimum atomic E-state index is -0.422. The average Bonchev–Trinajstić information content (AvgIpc) is 3.29. The average molecular weight is 370 g/mol. The van der Waals surface area contributed by atoms with E-state index in [9.17, 15) is 4.79 Å². The largest absolute Gasteiger partial charge is 0.377 e. The molecule has 4 rings (SSSR count). The van der Waals surface area contributed by atoms with Crippen LogP contribution in [0.3, 0.4) is 0 Å². The van der Waals surface area contributed by atoms with Gasteiger partial charge < -0.3 is 18.9 Å². The SMILES string of the molecule is CCc1ccc(C(=O)N2CCOCC3(CC(Cn4ccnc4)CO3)C2)cn1. The molecule has 7 nitrogen and oxygen atoms in total. The Hall–Kier alpha value is -2.25. The minimum Gasteiger partial charge on any atom is -0.377 e. The molecule has 2 saturated heterocycles. The molecule has 27 heavy (non-hydrogen) atoms. The predicted molar refractivity (Wildman–Crippen MR) is 99.4 cm³/mol. The Balaban J connectivity index is 1.44. The fourth-order valence-electron chi connectivity index (χ4n) is 3.98. The van der Waals surface area contributed by atoms with Gasteiger partial charge in [-0.15, -0.1) is 0 Å². The second-order valence-electron chi connectivity index (χ2n) is 7.49. The first-order valence-corrected chi connectivity index (χ1v) is 9.59. The Morgan fingerprint density at radius 2 is 2.33 bits per heavy atom. The lowest BCUT2D eigenvalue weighted by molar-refractivity contribution is -0.0539. The highest BCUT2D eigenvalue weighted by atomic mass is 16.5. The van der Waals surface area contributed by atoms with Crippen LogP contribution in [0.15, 0.2) is 37.1 Å². The van der Waals surface area contributed by atoms with Crippen molar-refractivity contribution >= 4 is 5.91 Å². The lowest BCUT2D eigenvalue weighted by Gasteiger charge is -2.31. The topological polar surface area (TPSA) is 69.5 Å². The van der Waals surface area contributed by atoms with Crippen LogP contribution in [-0.4, -0.2) is 63.9 Å². The van der Waals surface area contributed by atoms with Crippen LogP contribution >= 0.6 is 0 Å². The van der Waals surface area contributed by atoms with Gasteiger partial charge in [-0.05, 0) is 25.0 Å². The van der Waals surface area contributed by atoms with Crippen LogP contribution in [0.5, 0.6) is 0 Å². The molecule has 2 fully saturated rings. The molecular weight excluding hydrogens is 344 g/mol. The number of aryl methyl sites for hydroxylation is 1. The molecule has 2 atom stereocenters. The first-order chi connectivity index (χ1) is 13.2. The summed E-state index contributed by atoms with van der Waals surface area (Å²) in [5.74, 6) is 0.389. The quantitative estimate of drug-likeness (QED) is 0.821. The molecule has 1 amide bonds. The Morgan fingerprint density at radius 1 is 1.41 bits per heavy atom. The number of pyridine rings is 1. The van der Waals surface area contributed by atoms with E-state index in [-0.39, 0.29) is 5.91 Å². The van der Waals surface area contributed by atoms with Crippen molar-refractivity contribution in [1.29, 1.82) is 0 Å². The Labute approximate surface area is 159 Å². The van der Waals surface area contributed by atoms with E-state index in [1.54, 1.807) is 12.4 Å². The number of carbonyl (C=O) groups excluding carboxylic acids is 1. The van der Waals surface area contributed by atoms with Crippen LogP contribution in [-0.2, 0) is 22.4 Å². The van der Waals surface area contributed by atoms with Gasteiger partial charge in [0.2, 0.25) is 0 Å². The lowest BCUT2D eigenvalue weighted by atomic mass is 9.94. The molecule has 0 aromatic carbocycles. The molecule has 2 aliphatic heterocycles. The van der Waals surface area contributed by atoms with Gasteiger partial charge in [0.15, 0.2) is 0 Å². The highest BCUT2D eigenvalue weighted by Crippen LogP contribution is 2.34. The summed E-state index contributed by atoms with van der Waals surface area (Å²) in [6, 6.07) is 3.79. The van der Waals surface area contributed by atoms with Crippen LogP contribution in [0, 0.1) is 5.92 Å². The summed E-state index contributed by atoms with van der Waals surface area (Å²) in [6.45, 7) is 5.80. The maximum absolute atomic E-state index is 13.0. The van der Waals surface area contributed by atoms with E-state index in [1.807, 2.05) is 29.6 Å². The zero-order valence-corrected chi connectivity index (χ0v) is 15.7. The van der Waals surface area contributed by atoms with Gasteiger partial charge in [-0.3, -0.25) is 9.78 Å². The Kier molecular flexibility index (Phi) is 5.22. The fraction of sp³-hybridized carbons (Fsp3) is 0.550. The molecule has 0 saturated carbocycles. The summed E-state index contributed by atoms with van der Waals surface area (Å²) < 4.78 is 14.1. The summed E-state index contributed by atoms with van der Waals surface area (Å²) in [4.78, 5) is 23.3. The van der Waals surface area contributed by atoms with Gasteiger partial charge in [-0.1, -0.05) is 6.92 Å². The molecular formula is C20H26N4O3. The first kappa shape index (κ1) is 18.1. The van der Waals surface area contributed by atoms with Crippen LogP contribution in [0.2, 0.25) is 0 Å². The van der Waals surface area contributed by atoms with E-state index < -0.39 is 5.60 Å². The standard InChI is InChI=1S/C20H26N4O3/c1-2-18-4-3-17(10-22-18)19(25)24-7-8-26-14-20(13-24)9-16(12-27-20)11-23-6-5-21-15-23/h3-6,10,15-16H,2,7-9,11-14H2,1H3. The third-order valence-electron chi connectivity index (χ3n) is 5.38. The van der Waals surface area contributed by atoms with E-state index in [1.165, 1.54) is 0 Å². The molecule has 0 bridgehead atoms. The van der Waals surface area contributed by atoms with Gasteiger partial charge >= 0.3 is 0 Å². The van der Waals surface area contributed by atoms with Crippen molar-refractivity contribution in [3.05, 3.63) is 48.3 Å². The van der Waals surface area contributed by atoms with E-state index in [2.05, 4.69) is 21.5 Å². The molecule has 2 unspecified atom stereocenters. The van der Waals surface area contributed by atoms with Crippen LogP contribution in [0.4, 0.5) is 0 Å². The Bertz CT molecular complexity index is 762. The van der Waals surface area contributed by atoms with Gasteiger partial charge in [0, 0.05) is 43.3 Å². The number of hydrogen-bond donors (Lipinski definition) is 0. The van der Waals surface area contributed by atoms with Gasteiger partial charge in [0.25, 0.3) is 5.91 Å². The Morgan fingerprint density at radius 3 is 3.07 bits per heavy atom. The van der Waals surface area contributed by atoms with Crippen molar-refractivity contribution in [2.24, 2.45) is 5.92 Å². The number of imidazole rings is 1. The molecule has 2 aromatic heterocycles. The number of nitrogens with zero attached hydrogens (tertiary/aromatic N) is 4. The molecule has 1 spiro atoms. The normalized spacial score (nSPS) is 25.7. The van der Waals surface area contributed by atoms with Crippen molar-refractivity contribution in [3.8, 4) is 0 Å². The number of rotatable bonds is 4. The third kappa shape index (κ3) is 4.04. The maximum atomic E-state index is 13.0. The summed E-state index contributed by atoms with van der Waals surface area (Å²) >= 11 is 0. The first-order valence-electron chi connectivity index (χ1n) is 9.59. The molecule has 144 valence electrons. The van der Waals surface area contributed by atoms with Crippen LogP contribution < -0.4 is 0 Å².